The van der Waals surface area contributed by atoms with Crippen molar-refractivity contribution in [1.82, 2.24) is 10.2 Å². The third kappa shape index (κ3) is 3.15. The molecule has 0 atom stereocenters. The van der Waals surface area contributed by atoms with Gasteiger partial charge in [-0.15, -0.1) is 0 Å². The number of piperazine rings is 1. The number of nitrogens with zero attached hydrogens (tertiary/aromatic N) is 1. The lowest BCUT2D eigenvalue weighted by molar-refractivity contribution is -0.129. The third-order valence-electron chi connectivity index (χ3n) is 3.41. The Labute approximate surface area is 128 Å². The van der Waals surface area contributed by atoms with E-state index >= 15 is 0 Å². The van der Waals surface area contributed by atoms with Gasteiger partial charge in [-0.2, -0.15) is 0 Å². The summed E-state index contributed by atoms with van der Waals surface area (Å²) in [5.74, 6) is 0.923. The molecule has 22 heavy (non-hydrogen) atoms. The number of nitrogens with one attached hydrogen (secondary N) is 1. The second-order valence-electron chi connectivity index (χ2n) is 4.97. The zero-order chi connectivity index (χ0) is 15.4. The average molecular weight is 296 g/mol. The lowest BCUT2D eigenvalue weighted by Gasteiger charge is -2.25. The summed E-state index contributed by atoms with van der Waals surface area (Å²) in [5.41, 5.74) is 0.482. The second-order valence-corrected chi connectivity index (χ2v) is 4.97. The van der Waals surface area contributed by atoms with E-state index in [1.165, 1.54) is 4.90 Å². The number of imide groups is 1. The van der Waals surface area contributed by atoms with Gasteiger partial charge in [-0.05, 0) is 36.4 Å². The molecular weight excluding hydrogens is 280 g/mol. The van der Waals surface area contributed by atoms with Gasteiger partial charge in [-0.25, -0.2) is 0 Å². The fourth-order valence-electron chi connectivity index (χ4n) is 2.27. The van der Waals surface area contributed by atoms with Crippen molar-refractivity contribution in [3.63, 3.8) is 0 Å². The lowest BCUT2D eigenvalue weighted by Crippen LogP contribution is -2.50. The molecule has 1 aliphatic rings. The fraction of sp³-hybridized carbons (Fsp3) is 0.176. The largest absolute Gasteiger partial charge is 0.457 e. The Bertz CT molecular complexity index is 668. The maximum Gasteiger partial charge on any atom is 0.260 e. The predicted molar refractivity (Wildman–Crippen MR) is 81.9 cm³/mol. The molecule has 3 rings (SSSR count). The van der Waals surface area contributed by atoms with E-state index in [1.54, 1.807) is 24.3 Å². The van der Waals surface area contributed by atoms with Crippen LogP contribution in [0.3, 0.4) is 0 Å². The molecule has 1 heterocycles. The van der Waals surface area contributed by atoms with E-state index in [9.17, 15) is 9.59 Å². The lowest BCUT2D eigenvalue weighted by atomic mass is 10.1. The molecule has 0 unspecified atom stereocenters. The molecule has 2 aromatic rings. The van der Waals surface area contributed by atoms with Gasteiger partial charge in [0.1, 0.15) is 11.5 Å². The molecule has 0 aliphatic carbocycles. The van der Waals surface area contributed by atoms with Crippen LogP contribution in [-0.2, 0) is 4.79 Å². The first-order valence-corrected chi connectivity index (χ1v) is 7.12. The number of rotatable bonds is 3. The molecule has 2 amide bonds. The predicted octanol–water partition coefficient (Wildman–Crippen LogP) is 2.05. The molecular formula is C17H16N2O3. The Morgan fingerprint density at radius 3 is 2.36 bits per heavy atom. The van der Waals surface area contributed by atoms with Gasteiger partial charge in [-0.3, -0.25) is 14.5 Å². The summed E-state index contributed by atoms with van der Waals surface area (Å²) in [6, 6.07) is 16.2. The van der Waals surface area contributed by atoms with Crippen molar-refractivity contribution in [1.29, 1.82) is 0 Å². The molecule has 1 saturated heterocycles. The van der Waals surface area contributed by atoms with E-state index in [1.807, 2.05) is 30.3 Å². The molecule has 5 nitrogen and oxygen atoms in total. The van der Waals surface area contributed by atoms with Crippen LogP contribution in [0.4, 0.5) is 0 Å². The van der Waals surface area contributed by atoms with Crippen LogP contribution in [0.15, 0.2) is 54.6 Å². The standard InChI is InChI=1S/C17H16N2O3/c20-16-12-18-10-11-19(16)17(21)13-6-8-15(9-7-13)22-14-4-2-1-3-5-14/h1-9,18H,10-12H2. The van der Waals surface area contributed by atoms with Crippen LogP contribution in [-0.4, -0.2) is 36.3 Å². The summed E-state index contributed by atoms with van der Waals surface area (Å²) < 4.78 is 5.68. The summed E-state index contributed by atoms with van der Waals surface area (Å²) in [4.78, 5) is 25.3. The van der Waals surface area contributed by atoms with Gasteiger partial charge in [0.15, 0.2) is 0 Å². The summed E-state index contributed by atoms with van der Waals surface area (Å²) in [6.45, 7) is 1.24. The first-order chi connectivity index (χ1) is 10.7. The highest BCUT2D eigenvalue weighted by Gasteiger charge is 2.24. The Balaban J connectivity index is 1.71. The van der Waals surface area contributed by atoms with Crippen molar-refractivity contribution < 1.29 is 14.3 Å². The minimum absolute atomic E-state index is 0.194. The van der Waals surface area contributed by atoms with Crippen LogP contribution in [0.1, 0.15) is 10.4 Å². The summed E-state index contributed by atoms with van der Waals surface area (Å²) >= 11 is 0. The van der Waals surface area contributed by atoms with Gasteiger partial charge in [0.2, 0.25) is 5.91 Å². The van der Waals surface area contributed by atoms with Gasteiger partial charge < -0.3 is 10.1 Å². The minimum atomic E-state index is -0.266. The maximum atomic E-state index is 12.3. The summed E-state index contributed by atoms with van der Waals surface area (Å²) in [6.07, 6.45) is 0. The number of carbonyl (C=O) groups is 2. The Morgan fingerprint density at radius 1 is 1.00 bits per heavy atom. The molecule has 112 valence electrons. The van der Waals surface area contributed by atoms with Crippen LogP contribution >= 0.6 is 0 Å². The number of para-hydroxylation sites is 1. The third-order valence-corrected chi connectivity index (χ3v) is 3.41. The average Bonchev–Trinajstić information content (AvgIpc) is 2.56. The molecule has 1 aliphatic heterocycles. The van der Waals surface area contributed by atoms with Crippen molar-refractivity contribution in [3.05, 3.63) is 60.2 Å². The molecule has 2 aromatic carbocycles. The van der Waals surface area contributed by atoms with E-state index in [2.05, 4.69) is 5.32 Å². The molecule has 5 heteroatoms. The van der Waals surface area contributed by atoms with E-state index in [-0.39, 0.29) is 18.4 Å². The molecule has 0 aromatic heterocycles. The molecule has 0 saturated carbocycles. The van der Waals surface area contributed by atoms with Gasteiger partial charge in [0.25, 0.3) is 5.91 Å². The first kappa shape index (κ1) is 14.3. The van der Waals surface area contributed by atoms with Crippen molar-refractivity contribution in [2.45, 2.75) is 0 Å². The number of benzene rings is 2. The van der Waals surface area contributed by atoms with Crippen molar-refractivity contribution in [3.8, 4) is 11.5 Å². The van der Waals surface area contributed by atoms with Crippen LogP contribution in [0, 0.1) is 0 Å². The van der Waals surface area contributed by atoms with Gasteiger partial charge in [0, 0.05) is 18.7 Å². The number of amides is 2. The monoisotopic (exact) mass is 296 g/mol. The van der Waals surface area contributed by atoms with Crippen molar-refractivity contribution in [2.24, 2.45) is 0 Å². The molecule has 1 fully saturated rings. The SMILES string of the molecule is O=C1CNCCN1C(=O)c1ccc(Oc2ccccc2)cc1. The molecule has 0 spiro atoms. The topological polar surface area (TPSA) is 58.6 Å². The van der Waals surface area contributed by atoms with Crippen LogP contribution in [0.2, 0.25) is 0 Å². The fourth-order valence-corrected chi connectivity index (χ4v) is 2.27. The number of carbonyl (C=O) groups excluding carboxylic acids is 2. The van der Waals surface area contributed by atoms with Crippen LogP contribution < -0.4 is 10.1 Å². The molecule has 0 bridgehead atoms. The van der Waals surface area contributed by atoms with Crippen LogP contribution in [0.25, 0.3) is 0 Å². The first-order valence-electron chi connectivity index (χ1n) is 7.12. The Hall–Kier alpha value is -2.66. The van der Waals surface area contributed by atoms with E-state index in [0.717, 1.165) is 5.75 Å². The molecule has 1 N–H and O–H groups in total. The smallest absolute Gasteiger partial charge is 0.260 e. The minimum Gasteiger partial charge on any atom is -0.457 e. The highest BCUT2D eigenvalue weighted by molar-refractivity contribution is 6.05. The normalized spacial score (nSPS) is 14.7. The van der Waals surface area contributed by atoms with E-state index in [4.69, 9.17) is 4.74 Å². The second kappa shape index (κ2) is 6.41. The molecule has 0 radical (unpaired) electrons. The summed E-state index contributed by atoms with van der Waals surface area (Å²) in [7, 11) is 0. The van der Waals surface area contributed by atoms with Crippen molar-refractivity contribution >= 4 is 11.8 Å². The van der Waals surface area contributed by atoms with E-state index < -0.39 is 0 Å². The zero-order valence-electron chi connectivity index (χ0n) is 12.0. The van der Waals surface area contributed by atoms with E-state index in [0.29, 0.717) is 24.4 Å². The highest BCUT2D eigenvalue weighted by atomic mass is 16.5. The number of ether oxygens (including phenoxy) is 1. The Kier molecular flexibility index (Phi) is 4.16. The Morgan fingerprint density at radius 2 is 1.68 bits per heavy atom. The summed E-state index contributed by atoms with van der Waals surface area (Å²) in [5, 5.41) is 2.94. The van der Waals surface area contributed by atoms with Crippen molar-refractivity contribution in [2.75, 3.05) is 19.6 Å². The van der Waals surface area contributed by atoms with Crippen LogP contribution in [0.5, 0.6) is 11.5 Å². The zero-order valence-corrected chi connectivity index (χ0v) is 12.0. The number of hydrogen-bond donors (Lipinski definition) is 1. The van der Waals surface area contributed by atoms with Gasteiger partial charge in [0.05, 0.1) is 6.54 Å². The number of hydrogen-bond acceptors (Lipinski definition) is 4. The highest BCUT2D eigenvalue weighted by Crippen LogP contribution is 2.21. The van der Waals surface area contributed by atoms with Gasteiger partial charge >= 0.3 is 0 Å². The maximum absolute atomic E-state index is 12.3. The van der Waals surface area contributed by atoms with Gasteiger partial charge in [-0.1, -0.05) is 18.2 Å². The quantitative estimate of drug-likeness (QED) is 0.881.